The van der Waals surface area contributed by atoms with Crippen molar-refractivity contribution in [2.45, 2.75) is 52.9 Å². The van der Waals surface area contributed by atoms with Crippen molar-refractivity contribution in [1.82, 2.24) is 0 Å². The van der Waals surface area contributed by atoms with Crippen LogP contribution in [0.2, 0.25) is 4.34 Å². The second-order valence-electron chi connectivity index (χ2n) is 7.16. The molecular formula is C16H24Cl2S. The Hall–Kier alpha value is 0.280. The molecule has 0 nitrogen and oxygen atoms in total. The van der Waals surface area contributed by atoms with E-state index in [2.05, 4.69) is 26.8 Å². The fraction of sp³-hybridized carbons (Fsp3) is 0.750. The molecule has 1 fully saturated rings. The molecule has 0 N–H and O–H groups in total. The van der Waals surface area contributed by atoms with Crippen molar-refractivity contribution >= 4 is 34.5 Å². The van der Waals surface area contributed by atoms with Crippen molar-refractivity contribution in [3.05, 3.63) is 21.3 Å². The zero-order valence-corrected chi connectivity index (χ0v) is 14.5. The van der Waals surface area contributed by atoms with Gasteiger partial charge in [-0.3, -0.25) is 0 Å². The quantitative estimate of drug-likeness (QED) is 0.565. The fourth-order valence-corrected chi connectivity index (χ4v) is 4.89. The van der Waals surface area contributed by atoms with Crippen molar-refractivity contribution in [3.8, 4) is 0 Å². The van der Waals surface area contributed by atoms with Crippen LogP contribution in [-0.2, 0) is 6.42 Å². The summed E-state index contributed by atoms with van der Waals surface area (Å²) in [4.78, 5) is 1.39. The third kappa shape index (κ3) is 3.89. The lowest BCUT2D eigenvalue weighted by Gasteiger charge is -2.43. The standard InChI is InChI=1S/C16H24Cl2S/c1-15(2,3)12-6-8-16(11-17,9-7-12)10-13-4-5-14(18)19-13/h4-5,12H,6-11H2,1-3H3. The van der Waals surface area contributed by atoms with Crippen LogP contribution in [-0.4, -0.2) is 5.88 Å². The highest BCUT2D eigenvalue weighted by molar-refractivity contribution is 7.16. The highest BCUT2D eigenvalue weighted by atomic mass is 35.5. The van der Waals surface area contributed by atoms with Gasteiger partial charge in [-0.1, -0.05) is 32.4 Å². The van der Waals surface area contributed by atoms with Crippen LogP contribution in [0.5, 0.6) is 0 Å². The minimum absolute atomic E-state index is 0.303. The van der Waals surface area contributed by atoms with Gasteiger partial charge in [0, 0.05) is 10.8 Å². The van der Waals surface area contributed by atoms with Gasteiger partial charge in [0.05, 0.1) is 4.34 Å². The van der Waals surface area contributed by atoms with Gasteiger partial charge in [0.15, 0.2) is 0 Å². The third-order valence-corrected chi connectivity index (χ3v) is 6.53. The van der Waals surface area contributed by atoms with E-state index >= 15 is 0 Å². The zero-order valence-electron chi connectivity index (χ0n) is 12.1. The van der Waals surface area contributed by atoms with E-state index in [1.54, 1.807) is 11.3 Å². The van der Waals surface area contributed by atoms with Crippen LogP contribution in [0, 0.1) is 16.7 Å². The molecule has 0 atom stereocenters. The summed E-state index contributed by atoms with van der Waals surface area (Å²) in [6.07, 6.45) is 6.25. The topological polar surface area (TPSA) is 0 Å². The summed E-state index contributed by atoms with van der Waals surface area (Å²) >= 11 is 14.1. The minimum Gasteiger partial charge on any atom is -0.128 e. The fourth-order valence-electron chi connectivity index (χ4n) is 3.27. The van der Waals surface area contributed by atoms with Gasteiger partial charge < -0.3 is 0 Å². The van der Waals surface area contributed by atoms with Gasteiger partial charge in [-0.15, -0.1) is 22.9 Å². The molecule has 0 amide bonds. The first kappa shape index (κ1) is 15.7. The van der Waals surface area contributed by atoms with Crippen LogP contribution in [0.3, 0.4) is 0 Å². The molecule has 0 radical (unpaired) electrons. The Labute approximate surface area is 131 Å². The van der Waals surface area contributed by atoms with E-state index in [-0.39, 0.29) is 0 Å². The maximum Gasteiger partial charge on any atom is 0.0931 e. The van der Waals surface area contributed by atoms with Gasteiger partial charge in [0.25, 0.3) is 0 Å². The lowest BCUT2D eigenvalue weighted by Crippen LogP contribution is -2.35. The molecule has 1 aromatic heterocycles. The van der Waals surface area contributed by atoms with Gasteiger partial charge in [-0.25, -0.2) is 0 Å². The average molecular weight is 319 g/mol. The Kier molecular flexibility index (Phi) is 4.91. The molecule has 0 spiro atoms. The average Bonchev–Trinajstić information content (AvgIpc) is 2.74. The van der Waals surface area contributed by atoms with Crippen LogP contribution >= 0.6 is 34.5 Å². The number of hydrogen-bond acceptors (Lipinski definition) is 1. The Morgan fingerprint density at radius 1 is 1.26 bits per heavy atom. The highest BCUT2D eigenvalue weighted by Gasteiger charge is 2.38. The summed E-state index contributed by atoms with van der Waals surface area (Å²) in [6.45, 7) is 7.10. The molecule has 0 aliphatic heterocycles. The van der Waals surface area contributed by atoms with E-state index in [1.807, 2.05) is 6.07 Å². The second kappa shape index (κ2) is 5.95. The lowest BCUT2D eigenvalue weighted by molar-refractivity contribution is 0.102. The van der Waals surface area contributed by atoms with E-state index < -0.39 is 0 Å². The lowest BCUT2D eigenvalue weighted by atomic mass is 9.63. The molecule has 1 aliphatic carbocycles. The van der Waals surface area contributed by atoms with Crippen molar-refractivity contribution < 1.29 is 0 Å². The summed E-state index contributed by atoms with van der Waals surface area (Å²) in [5, 5.41) is 0. The number of alkyl halides is 1. The van der Waals surface area contributed by atoms with E-state index in [4.69, 9.17) is 23.2 Å². The maximum absolute atomic E-state index is 6.33. The monoisotopic (exact) mass is 318 g/mol. The van der Waals surface area contributed by atoms with E-state index in [0.29, 0.717) is 10.8 Å². The Balaban J connectivity index is 2.02. The molecule has 1 heterocycles. The second-order valence-corrected chi connectivity index (χ2v) is 9.22. The van der Waals surface area contributed by atoms with Crippen LogP contribution in [0.1, 0.15) is 51.3 Å². The van der Waals surface area contributed by atoms with Crippen molar-refractivity contribution in [2.75, 3.05) is 5.88 Å². The van der Waals surface area contributed by atoms with E-state index in [1.165, 1.54) is 30.6 Å². The van der Waals surface area contributed by atoms with Gasteiger partial charge in [-0.05, 0) is 61.0 Å². The van der Waals surface area contributed by atoms with Gasteiger partial charge in [0.2, 0.25) is 0 Å². The molecule has 1 aromatic rings. The van der Waals surface area contributed by atoms with Crippen molar-refractivity contribution in [3.63, 3.8) is 0 Å². The molecule has 3 heteroatoms. The Bertz CT molecular complexity index is 409. The molecule has 0 unspecified atom stereocenters. The summed E-state index contributed by atoms with van der Waals surface area (Å²) in [7, 11) is 0. The number of thiophene rings is 1. The van der Waals surface area contributed by atoms with Crippen molar-refractivity contribution in [1.29, 1.82) is 0 Å². The molecule has 0 aromatic carbocycles. The molecule has 2 rings (SSSR count). The SMILES string of the molecule is CC(C)(C)C1CCC(CCl)(Cc2ccc(Cl)s2)CC1. The summed E-state index contributed by atoms with van der Waals surface area (Å²) < 4.78 is 0.892. The van der Waals surface area contributed by atoms with E-state index in [9.17, 15) is 0 Å². The molecule has 1 saturated carbocycles. The van der Waals surface area contributed by atoms with Gasteiger partial charge >= 0.3 is 0 Å². The highest BCUT2D eigenvalue weighted by Crippen LogP contribution is 2.48. The van der Waals surface area contributed by atoms with Crippen LogP contribution in [0.4, 0.5) is 0 Å². The first-order valence-corrected chi connectivity index (χ1v) is 8.88. The molecular weight excluding hydrogens is 295 g/mol. The summed E-state index contributed by atoms with van der Waals surface area (Å²) in [6, 6.07) is 4.17. The number of rotatable bonds is 3. The molecule has 1 aliphatic rings. The Morgan fingerprint density at radius 3 is 2.32 bits per heavy atom. The van der Waals surface area contributed by atoms with Crippen LogP contribution in [0.15, 0.2) is 12.1 Å². The predicted octanol–water partition coefficient (Wildman–Crippen LogP) is 6.41. The van der Waals surface area contributed by atoms with Crippen molar-refractivity contribution in [2.24, 2.45) is 16.7 Å². The maximum atomic E-state index is 6.33. The molecule has 0 bridgehead atoms. The normalized spacial score (nSPS) is 28.6. The molecule has 19 heavy (non-hydrogen) atoms. The molecule has 0 saturated heterocycles. The summed E-state index contributed by atoms with van der Waals surface area (Å²) in [5.41, 5.74) is 0.738. The number of hydrogen-bond donors (Lipinski definition) is 0. The third-order valence-electron chi connectivity index (χ3n) is 4.73. The first-order valence-electron chi connectivity index (χ1n) is 7.15. The smallest absolute Gasteiger partial charge is 0.0931 e. The Morgan fingerprint density at radius 2 is 1.89 bits per heavy atom. The number of halogens is 2. The first-order chi connectivity index (χ1) is 8.85. The van der Waals surface area contributed by atoms with Crippen LogP contribution < -0.4 is 0 Å². The molecule has 108 valence electrons. The van der Waals surface area contributed by atoms with Gasteiger partial charge in [-0.2, -0.15) is 0 Å². The van der Waals surface area contributed by atoms with E-state index in [0.717, 1.165) is 22.6 Å². The minimum atomic E-state index is 0.303. The van der Waals surface area contributed by atoms with Gasteiger partial charge in [0.1, 0.15) is 0 Å². The zero-order chi connectivity index (χ0) is 14.1. The van der Waals surface area contributed by atoms with Crippen LogP contribution in [0.25, 0.3) is 0 Å². The summed E-state index contributed by atoms with van der Waals surface area (Å²) in [5.74, 6) is 1.62. The largest absolute Gasteiger partial charge is 0.128 e. The predicted molar refractivity (Wildman–Crippen MR) is 87.6 cm³/mol.